The lowest BCUT2D eigenvalue weighted by atomic mass is 10.1. The van der Waals surface area contributed by atoms with Gasteiger partial charge in [-0.25, -0.2) is 12.8 Å². The molecule has 0 bridgehead atoms. The molecule has 0 saturated heterocycles. The molecule has 0 saturated carbocycles. The quantitative estimate of drug-likeness (QED) is 0.649. The van der Waals surface area contributed by atoms with Crippen molar-refractivity contribution in [1.82, 2.24) is 0 Å². The molecule has 0 heterocycles. The molecule has 96 valence electrons. The summed E-state index contributed by atoms with van der Waals surface area (Å²) < 4.78 is 35.7. The van der Waals surface area contributed by atoms with E-state index in [9.17, 15) is 17.6 Å². The molecule has 2 aromatic rings. The maximum absolute atomic E-state index is 13.2. The van der Waals surface area contributed by atoms with Gasteiger partial charge in [0.05, 0.1) is 4.90 Å². The van der Waals surface area contributed by atoms with Crippen LogP contribution >= 0.6 is 10.7 Å². The lowest BCUT2D eigenvalue weighted by Crippen LogP contribution is -1.98. The number of fused-ring (bicyclic) bond motifs is 3. The maximum atomic E-state index is 13.2. The molecule has 3 rings (SSSR count). The Labute approximate surface area is 113 Å². The van der Waals surface area contributed by atoms with Gasteiger partial charge >= 0.3 is 0 Å². The van der Waals surface area contributed by atoms with Gasteiger partial charge in [0.25, 0.3) is 9.05 Å². The van der Waals surface area contributed by atoms with Gasteiger partial charge in [0.1, 0.15) is 5.82 Å². The van der Waals surface area contributed by atoms with E-state index < -0.39 is 20.7 Å². The Kier molecular flexibility index (Phi) is 2.52. The van der Waals surface area contributed by atoms with Gasteiger partial charge in [-0.1, -0.05) is 12.1 Å². The van der Waals surface area contributed by atoms with Crippen LogP contribution in [0.25, 0.3) is 11.1 Å². The summed E-state index contributed by atoms with van der Waals surface area (Å²) in [6, 6.07) is 7.96. The Balaban J connectivity index is 2.28. The SMILES string of the molecule is O=C1c2cc(F)ccc2-c2ccc(S(=O)(=O)Cl)cc21. The first-order valence-corrected chi connectivity index (χ1v) is 7.62. The second-order valence-electron chi connectivity index (χ2n) is 4.16. The highest BCUT2D eigenvalue weighted by Gasteiger charge is 2.28. The van der Waals surface area contributed by atoms with Crippen LogP contribution in [-0.2, 0) is 9.05 Å². The van der Waals surface area contributed by atoms with Crippen LogP contribution in [0.3, 0.4) is 0 Å². The van der Waals surface area contributed by atoms with Crippen molar-refractivity contribution in [2.75, 3.05) is 0 Å². The second kappa shape index (κ2) is 3.88. The van der Waals surface area contributed by atoms with E-state index >= 15 is 0 Å². The van der Waals surface area contributed by atoms with Crippen LogP contribution in [0.15, 0.2) is 41.3 Å². The van der Waals surface area contributed by atoms with Crippen molar-refractivity contribution in [3.05, 3.63) is 53.3 Å². The summed E-state index contributed by atoms with van der Waals surface area (Å²) in [5.41, 5.74) is 1.64. The summed E-state index contributed by atoms with van der Waals surface area (Å²) >= 11 is 0. The molecule has 0 aliphatic heterocycles. The summed E-state index contributed by atoms with van der Waals surface area (Å²) in [6.07, 6.45) is 0. The van der Waals surface area contributed by atoms with Gasteiger partial charge < -0.3 is 0 Å². The first kappa shape index (κ1) is 12.3. The molecular weight excluding hydrogens is 291 g/mol. The molecule has 2 aromatic carbocycles. The summed E-state index contributed by atoms with van der Waals surface area (Å²) in [6.45, 7) is 0. The van der Waals surface area contributed by atoms with E-state index in [1.54, 1.807) is 0 Å². The molecule has 0 N–H and O–H groups in total. The van der Waals surface area contributed by atoms with Gasteiger partial charge in [0, 0.05) is 21.8 Å². The average molecular weight is 297 g/mol. The molecule has 3 nitrogen and oxygen atoms in total. The smallest absolute Gasteiger partial charge is 0.261 e. The van der Waals surface area contributed by atoms with E-state index in [4.69, 9.17) is 10.7 Å². The third-order valence-electron chi connectivity index (χ3n) is 3.03. The fraction of sp³-hybridized carbons (Fsp3) is 0. The highest BCUT2D eigenvalue weighted by atomic mass is 35.7. The molecular formula is C13H6ClFO3S. The largest absolute Gasteiger partial charge is 0.289 e. The summed E-state index contributed by atoms with van der Waals surface area (Å²) in [5, 5.41) is 0. The molecule has 0 radical (unpaired) electrons. The topological polar surface area (TPSA) is 51.2 Å². The first-order valence-electron chi connectivity index (χ1n) is 5.31. The zero-order chi connectivity index (χ0) is 13.8. The zero-order valence-electron chi connectivity index (χ0n) is 9.35. The van der Waals surface area contributed by atoms with E-state index in [-0.39, 0.29) is 16.0 Å². The van der Waals surface area contributed by atoms with E-state index in [1.165, 1.54) is 30.3 Å². The molecule has 0 aromatic heterocycles. The molecule has 1 aliphatic carbocycles. The van der Waals surface area contributed by atoms with Gasteiger partial charge in [-0.3, -0.25) is 4.79 Å². The number of hydrogen-bond acceptors (Lipinski definition) is 3. The molecule has 0 atom stereocenters. The van der Waals surface area contributed by atoms with Crippen LogP contribution < -0.4 is 0 Å². The Morgan fingerprint density at radius 3 is 2.11 bits per heavy atom. The predicted molar refractivity (Wildman–Crippen MR) is 68.3 cm³/mol. The van der Waals surface area contributed by atoms with Crippen LogP contribution in [-0.4, -0.2) is 14.2 Å². The van der Waals surface area contributed by atoms with Crippen molar-refractivity contribution in [3.8, 4) is 11.1 Å². The lowest BCUT2D eigenvalue weighted by Gasteiger charge is -2.01. The minimum atomic E-state index is -3.90. The molecule has 0 amide bonds. The first-order chi connectivity index (χ1) is 8.88. The number of hydrogen-bond donors (Lipinski definition) is 0. The van der Waals surface area contributed by atoms with Gasteiger partial charge in [-0.2, -0.15) is 0 Å². The van der Waals surface area contributed by atoms with Crippen molar-refractivity contribution in [2.45, 2.75) is 4.90 Å². The lowest BCUT2D eigenvalue weighted by molar-refractivity contribution is 0.104. The van der Waals surface area contributed by atoms with Crippen molar-refractivity contribution < 1.29 is 17.6 Å². The van der Waals surface area contributed by atoms with Crippen LogP contribution in [0.2, 0.25) is 0 Å². The molecule has 0 spiro atoms. The fourth-order valence-corrected chi connectivity index (χ4v) is 2.96. The van der Waals surface area contributed by atoms with Crippen molar-refractivity contribution in [2.24, 2.45) is 0 Å². The average Bonchev–Trinajstić information content (AvgIpc) is 2.62. The number of carbonyl (C=O) groups excluding carboxylic acids is 1. The summed E-state index contributed by atoms with van der Waals surface area (Å²) in [5.74, 6) is -0.906. The Morgan fingerprint density at radius 2 is 1.47 bits per heavy atom. The minimum absolute atomic E-state index is 0.144. The monoisotopic (exact) mass is 296 g/mol. The molecule has 6 heteroatoms. The van der Waals surface area contributed by atoms with Crippen molar-refractivity contribution >= 4 is 25.5 Å². The van der Waals surface area contributed by atoms with Crippen molar-refractivity contribution in [1.29, 1.82) is 0 Å². The van der Waals surface area contributed by atoms with Crippen LogP contribution in [0.4, 0.5) is 4.39 Å². The minimum Gasteiger partial charge on any atom is -0.289 e. The summed E-state index contributed by atoms with van der Waals surface area (Å²) in [7, 11) is 1.35. The van der Waals surface area contributed by atoms with Gasteiger partial charge in [-0.15, -0.1) is 0 Å². The zero-order valence-corrected chi connectivity index (χ0v) is 10.9. The van der Waals surface area contributed by atoms with Crippen LogP contribution in [0, 0.1) is 5.82 Å². The molecule has 1 aliphatic rings. The Hall–Kier alpha value is -1.72. The third-order valence-corrected chi connectivity index (χ3v) is 4.39. The highest BCUT2D eigenvalue weighted by Crippen LogP contribution is 2.38. The van der Waals surface area contributed by atoms with Crippen LogP contribution in [0.5, 0.6) is 0 Å². The number of carbonyl (C=O) groups is 1. The maximum Gasteiger partial charge on any atom is 0.261 e. The number of halogens is 2. The van der Waals surface area contributed by atoms with Crippen LogP contribution in [0.1, 0.15) is 15.9 Å². The Morgan fingerprint density at radius 1 is 0.895 bits per heavy atom. The molecule has 0 unspecified atom stereocenters. The number of rotatable bonds is 1. The third kappa shape index (κ3) is 1.86. The van der Waals surface area contributed by atoms with Gasteiger partial charge in [0.2, 0.25) is 0 Å². The van der Waals surface area contributed by atoms with E-state index in [1.807, 2.05) is 0 Å². The summed E-state index contributed by atoms with van der Waals surface area (Å²) in [4.78, 5) is 12.0. The Bertz CT molecular complexity index is 828. The van der Waals surface area contributed by atoms with E-state index in [2.05, 4.69) is 0 Å². The highest BCUT2D eigenvalue weighted by molar-refractivity contribution is 8.13. The molecule has 19 heavy (non-hydrogen) atoms. The fourth-order valence-electron chi connectivity index (χ4n) is 2.18. The van der Waals surface area contributed by atoms with E-state index in [0.29, 0.717) is 11.1 Å². The van der Waals surface area contributed by atoms with Gasteiger partial charge in [-0.05, 0) is 35.4 Å². The number of benzene rings is 2. The van der Waals surface area contributed by atoms with E-state index in [0.717, 1.165) is 6.07 Å². The number of ketones is 1. The second-order valence-corrected chi connectivity index (χ2v) is 6.73. The molecule has 0 fully saturated rings. The van der Waals surface area contributed by atoms with Crippen molar-refractivity contribution in [3.63, 3.8) is 0 Å². The standard InChI is InChI=1S/C13H6ClFO3S/c14-19(17,18)8-2-4-10-9-3-1-7(15)5-11(9)13(16)12(10)6-8/h1-6H. The normalized spacial score (nSPS) is 13.3. The van der Waals surface area contributed by atoms with Gasteiger partial charge in [0.15, 0.2) is 5.78 Å². The predicted octanol–water partition coefficient (Wildman–Crippen LogP) is 2.96.